The third-order valence-electron chi connectivity index (χ3n) is 3.01. The van der Waals surface area contributed by atoms with Crippen molar-refractivity contribution in [1.29, 1.82) is 5.26 Å². The van der Waals surface area contributed by atoms with Crippen molar-refractivity contribution in [2.75, 3.05) is 7.11 Å². The molecule has 0 fully saturated rings. The minimum atomic E-state index is -0.604. The molecule has 2 aromatic rings. The number of carbonyl (C=O) groups excluding carboxylic acids is 1. The number of nitrogens with zero attached hydrogens (tertiary/aromatic N) is 1. The van der Waals surface area contributed by atoms with Crippen molar-refractivity contribution in [3.05, 3.63) is 70.0 Å². The lowest BCUT2D eigenvalue weighted by Gasteiger charge is -2.07. The van der Waals surface area contributed by atoms with Crippen LogP contribution in [0.2, 0.25) is 5.02 Å². The second-order valence-corrected chi connectivity index (χ2v) is 4.74. The van der Waals surface area contributed by atoms with Crippen molar-refractivity contribution in [3.63, 3.8) is 0 Å². The number of rotatable bonds is 4. The number of methoxy groups -OCH3 is 1. The van der Waals surface area contributed by atoms with Gasteiger partial charge in [-0.3, -0.25) is 4.79 Å². The minimum absolute atomic E-state index is 0.00367. The number of ether oxygens (including phenoxy) is 1. The largest absolute Gasteiger partial charge is 0.496 e. The molecule has 0 spiro atoms. The molecule has 2 aromatic carbocycles. The molecular weight excluding hydrogens is 305 g/mol. The maximum atomic E-state index is 13.8. The number of allylic oxidation sites excluding steroid dienone is 1. The summed E-state index contributed by atoms with van der Waals surface area (Å²) in [5.41, 5.74) is 0.00530. The highest BCUT2D eigenvalue weighted by Gasteiger charge is 2.17. The molecule has 0 saturated heterocycles. The zero-order chi connectivity index (χ0) is 16.1. The summed E-state index contributed by atoms with van der Waals surface area (Å²) in [5, 5.41) is 9.34. The number of nitriles is 1. The number of benzene rings is 2. The highest BCUT2D eigenvalue weighted by molar-refractivity contribution is 6.32. The molecule has 0 aromatic heterocycles. The van der Waals surface area contributed by atoms with E-state index in [1.165, 1.54) is 31.4 Å². The Hall–Kier alpha value is -2.64. The summed E-state index contributed by atoms with van der Waals surface area (Å²) in [6.07, 6.45) is 1.15. The molecule has 22 heavy (non-hydrogen) atoms. The molecule has 3 nitrogen and oxygen atoms in total. The van der Waals surface area contributed by atoms with Gasteiger partial charge in [0.15, 0.2) is 0 Å². The standard InChI is InChI=1S/C17H11ClFNO2/c1-22-16-8-3-2-5-12(16)17(21)11(10-20)9-13-14(18)6-4-7-15(13)19/h2-9H,1H3/b11-9+. The average molecular weight is 316 g/mol. The number of Topliss-reactive ketones (excluding diaryl/α,β-unsaturated/α-hetero) is 1. The van der Waals surface area contributed by atoms with Crippen LogP contribution in [0, 0.1) is 17.1 Å². The van der Waals surface area contributed by atoms with E-state index in [1.54, 1.807) is 24.3 Å². The van der Waals surface area contributed by atoms with Crippen LogP contribution in [0.5, 0.6) is 5.75 Å². The van der Waals surface area contributed by atoms with Gasteiger partial charge in [-0.25, -0.2) is 4.39 Å². The second kappa shape index (κ2) is 6.88. The smallest absolute Gasteiger partial charge is 0.207 e. The van der Waals surface area contributed by atoms with Crippen LogP contribution in [0.3, 0.4) is 0 Å². The predicted molar refractivity (Wildman–Crippen MR) is 82.3 cm³/mol. The molecule has 0 atom stereocenters. The van der Waals surface area contributed by atoms with Gasteiger partial charge in [0.05, 0.1) is 17.7 Å². The first-order valence-corrected chi connectivity index (χ1v) is 6.69. The lowest BCUT2D eigenvalue weighted by molar-refractivity contribution is 0.103. The van der Waals surface area contributed by atoms with E-state index in [1.807, 2.05) is 0 Å². The first kappa shape index (κ1) is 15.7. The van der Waals surface area contributed by atoms with Crippen LogP contribution in [0.15, 0.2) is 48.0 Å². The normalized spacial score (nSPS) is 10.9. The summed E-state index contributed by atoms with van der Waals surface area (Å²) < 4.78 is 18.9. The fourth-order valence-electron chi connectivity index (χ4n) is 1.92. The van der Waals surface area contributed by atoms with E-state index in [0.717, 1.165) is 6.08 Å². The number of carbonyl (C=O) groups is 1. The van der Waals surface area contributed by atoms with Gasteiger partial charge in [0.1, 0.15) is 23.2 Å². The zero-order valence-corrected chi connectivity index (χ0v) is 12.4. The van der Waals surface area contributed by atoms with Gasteiger partial charge in [0.2, 0.25) is 5.78 Å². The first-order valence-electron chi connectivity index (χ1n) is 6.32. The molecule has 0 aliphatic rings. The van der Waals surface area contributed by atoms with Gasteiger partial charge < -0.3 is 4.74 Å². The van der Waals surface area contributed by atoms with Crippen LogP contribution in [0.4, 0.5) is 4.39 Å². The van der Waals surface area contributed by atoms with Crippen LogP contribution in [-0.4, -0.2) is 12.9 Å². The Morgan fingerprint density at radius 2 is 2.00 bits per heavy atom. The third kappa shape index (κ3) is 3.16. The summed E-state index contributed by atoms with van der Waals surface area (Å²) in [6, 6.07) is 12.4. The van der Waals surface area contributed by atoms with E-state index in [0.29, 0.717) is 5.75 Å². The Balaban J connectivity index is 2.51. The summed E-state index contributed by atoms with van der Waals surface area (Å²) in [6.45, 7) is 0. The van der Waals surface area contributed by atoms with Crippen LogP contribution in [0.1, 0.15) is 15.9 Å². The lowest BCUT2D eigenvalue weighted by atomic mass is 10.0. The van der Waals surface area contributed by atoms with Crippen LogP contribution < -0.4 is 4.74 Å². The minimum Gasteiger partial charge on any atom is -0.496 e. The highest BCUT2D eigenvalue weighted by Crippen LogP contribution is 2.25. The number of ketones is 1. The van der Waals surface area contributed by atoms with Crippen molar-refractivity contribution in [3.8, 4) is 11.8 Å². The molecule has 5 heteroatoms. The van der Waals surface area contributed by atoms with Crippen LogP contribution >= 0.6 is 11.6 Å². The number of hydrogen-bond acceptors (Lipinski definition) is 3. The summed E-state index contributed by atoms with van der Waals surface area (Å²) in [7, 11) is 1.43. The van der Waals surface area contributed by atoms with E-state index < -0.39 is 11.6 Å². The van der Waals surface area contributed by atoms with Crippen molar-refractivity contribution in [1.82, 2.24) is 0 Å². The molecule has 2 rings (SSSR count). The summed E-state index contributed by atoms with van der Waals surface area (Å²) >= 11 is 5.91. The van der Waals surface area contributed by atoms with Gasteiger partial charge in [0, 0.05) is 5.56 Å². The molecule has 0 amide bonds. The molecule has 0 N–H and O–H groups in total. The number of hydrogen-bond donors (Lipinski definition) is 0. The molecule has 0 aliphatic carbocycles. The lowest BCUT2D eigenvalue weighted by Crippen LogP contribution is -2.04. The maximum Gasteiger partial charge on any atom is 0.207 e. The van der Waals surface area contributed by atoms with Gasteiger partial charge in [-0.2, -0.15) is 5.26 Å². The van der Waals surface area contributed by atoms with Gasteiger partial charge >= 0.3 is 0 Å². The van der Waals surface area contributed by atoms with Crippen LogP contribution in [0.25, 0.3) is 6.08 Å². The third-order valence-corrected chi connectivity index (χ3v) is 3.33. The molecule has 0 saturated carbocycles. The van der Waals surface area contributed by atoms with E-state index in [-0.39, 0.29) is 21.7 Å². The molecular formula is C17H11ClFNO2. The fourth-order valence-corrected chi connectivity index (χ4v) is 2.14. The molecule has 0 aliphatic heterocycles. The predicted octanol–water partition coefficient (Wildman–Crippen LogP) is 4.28. The van der Waals surface area contributed by atoms with E-state index in [9.17, 15) is 14.4 Å². The Morgan fingerprint density at radius 3 is 2.64 bits per heavy atom. The van der Waals surface area contributed by atoms with Gasteiger partial charge in [-0.05, 0) is 30.3 Å². The number of para-hydroxylation sites is 1. The Kier molecular flexibility index (Phi) is 4.92. The van der Waals surface area contributed by atoms with Gasteiger partial charge in [-0.1, -0.05) is 29.8 Å². The van der Waals surface area contributed by atoms with Gasteiger partial charge in [0.25, 0.3) is 0 Å². The monoisotopic (exact) mass is 315 g/mol. The Bertz CT molecular complexity index is 773. The van der Waals surface area contributed by atoms with Crippen molar-refractivity contribution in [2.24, 2.45) is 0 Å². The van der Waals surface area contributed by atoms with Crippen molar-refractivity contribution < 1.29 is 13.9 Å². The van der Waals surface area contributed by atoms with E-state index in [2.05, 4.69) is 0 Å². The van der Waals surface area contributed by atoms with E-state index >= 15 is 0 Å². The molecule has 0 radical (unpaired) electrons. The SMILES string of the molecule is COc1ccccc1C(=O)/C(C#N)=C/c1c(F)cccc1Cl. The molecule has 0 unspecified atom stereocenters. The topological polar surface area (TPSA) is 50.1 Å². The van der Waals surface area contributed by atoms with Gasteiger partial charge in [-0.15, -0.1) is 0 Å². The van der Waals surface area contributed by atoms with E-state index in [4.69, 9.17) is 16.3 Å². The Morgan fingerprint density at radius 1 is 1.27 bits per heavy atom. The Labute approximate surface area is 132 Å². The zero-order valence-electron chi connectivity index (χ0n) is 11.6. The quantitative estimate of drug-likeness (QED) is 0.481. The molecule has 0 heterocycles. The molecule has 110 valence electrons. The first-order chi connectivity index (χ1) is 10.6. The highest BCUT2D eigenvalue weighted by atomic mass is 35.5. The fraction of sp³-hybridized carbons (Fsp3) is 0.0588. The van der Waals surface area contributed by atoms with Crippen LogP contribution in [-0.2, 0) is 0 Å². The maximum absolute atomic E-state index is 13.8. The number of halogens is 2. The summed E-state index contributed by atoms with van der Waals surface area (Å²) in [4.78, 5) is 12.4. The second-order valence-electron chi connectivity index (χ2n) is 4.33. The average Bonchev–Trinajstić information content (AvgIpc) is 2.54. The van der Waals surface area contributed by atoms with Crippen molar-refractivity contribution in [2.45, 2.75) is 0 Å². The summed E-state index contributed by atoms with van der Waals surface area (Å²) in [5.74, 6) is -0.819. The molecule has 0 bridgehead atoms. The van der Waals surface area contributed by atoms with Crippen molar-refractivity contribution >= 4 is 23.5 Å².